The van der Waals surface area contributed by atoms with Gasteiger partial charge >= 0.3 is 0 Å². The molecule has 0 aliphatic heterocycles. The van der Waals surface area contributed by atoms with Crippen molar-refractivity contribution in [3.8, 4) is 16.8 Å². The first kappa shape index (κ1) is 21.5. The fourth-order valence-corrected chi connectivity index (χ4v) is 8.61. The summed E-state index contributed by atoms with van der Waals surface area (Å²) in [7, 11) is 0. The van der Waals surface area contributed by atoms with Gasteiger partial charge in [-0.15, -0.1) is 22.7 Å². The van der Waals surface area contributed by atoms with Crippen LogP contribution in [0.5, 0.6) is 0 Å². The predicted octanol–water partition coefficient (Wildman–Crippen LogP) is 11.2. The Labute approximate surface area is 232 Å². The van der Waals surface area contributed by atoms with Crippen LogP contribution >= 0.6 is 22.7 Å². The summed E-state index contributed by atoms with van der Waals surface area (Å²) in [5.41, 5.74) is 6.23. The average molecular weight is 532 g/mol. The molecule has 0 saturated heterocycles. The van der Waals surface area contributed by atoms with Gasteiger partial charge in [-0.3, -0.25) is 0 Å². The second kappa shape index (κ2) is 8.03. The number of hydrogen-bond acceptors (Lipinski definition) is 2. The Morgan fingerprint density at radius 3 is 1.97 bits per heavy atom. The second-order valence-corrected chi connectivity index (χ2v) is 12.3. The van der Waals surface area contributed by atoms with Gasteiger partial charge in [0.15, 0.2) is 0 Å². The zero-order valence-corrected chi connectivity index (χ0v) is 22.5. The number of para-hydroxylation sites is 1. The number of fused-ring (bicyclic) bond motifs is 9. The van der Waals surface area contributed by atoms with Crippen molar-refractivity contribution >= 4 is 84.8 Å². The van der Waals surface area contributed by atoms with Crippen LogP contribution in [0.25, 0.3) is 79.0 Å². The van der Waals surface area contributed by atoms with Gasteiger partial charge in [0.05, 0.1) is 11.0 Å². The van der Waals surface area contributed by atoms with Crippen LogP contribution in [0.4, 0.5) is 0 Å². The van der Waals surface area contributed by atoms with E-state index in [0.29, 0.717) is 0 Å². The van der Waals surface area contributed by atoms with Gasteiger partial charge in [-0.05, 0) is 53.6 Å². The van der Waals surface area contributed by atoms with Crippen molar-refractivity contribution in [2.45, 2.75) is 0 Å². The minimum absolute atomic E-state index is 1.19. The third-order valence-corrected chi connectivity index (χ3v) is 10.3. The second-order valence-electron chi connectivity index (χ2n) is 10.1. The maximum atomic E-state index is 2.45. The fourth-order valence-electron chi connectivity index (χ4n) is 6.25. The average Bonchev–Trinajstić information content (AvgIpc) is 3.65. The summed E-state index contributed by atoms with van der Waals surface area (Å²) in [6.07, 6.45) is 0. The summed E-state index contributed by atoms with van der Waals surface area (Å²) < 4.78 is 7.81. The van der Waals surface area contributed by atoms with Gasteiger partial charge in [0.25, 0.3) is 0 Å². The molecule has 1 nitrogen and oxygen atoms in total. The van der Waals surface area contributed by atoms with Crippen LogP contribution in [0.3, 0.4) is 0 Å². The van der Waals surface area contributed by atoms with E-state index in [1.807, 2.05) is 22.7 Å². The van der Waals surface area contributed by atoms with Crippen molar-refractivity contribution in [2.75, 3.05) is 0 Å². The summed E-state index contributed by atoms with van der Waals surface area (Å²) in [4.78, 5) is 0. The van der Waals surface area contributed by atoms with Gasteiger partial charge < -0.3 is 4.57 Å². The molecule has 39 heavy (non-hydrogen) atoms. The first-order valence-electron chi connectivity index (χ1n) is 13.2. The van der Waals surface area contributed by atoms with Gasteiger partial charge in [-0.1, -0.05) is 84.9 Å². The lowest BCUT2D eigenvalue weighted by Gasteiger charge is -2.11. The van der Waals surface area contributed by atoms with Crippen LogP contribution in [0.2, 0.25) is 0 Å². The molecule has 0 aliphatic carbocycles. The smallest absolute Gasteiger partial charge is 0.0555 e. The molecule has 0 amide bonds. The lowest BCUT2D eigenvalue weighted by molar-refractivity contribution is 1.18. The lowest BCUT2D eigenvalue weighted by atomic mass is 10.0. The fraction of sp³-hybridized carbons (Fsp3) is 0. The van der Waals surface area contributed by atoms with Gasteiger partial charge in [0, 0.05) is 56.8 Å². The minimum Gasteiger partial charge on any atom is -0.309 e. The molecule has 0 spiro atoms. The van der Waals surface area contributed by atoms with E-state index in [2.05, 4.69) is 132 Å². The van der Waals surface area contributed by atoms with Crippen molar-refractivity contribution in [3.63, 3.8) is 0 Å². The molecule has 3 heterocycles. The summed E-state index contributed by atoms with van der Waals surface area (Å²) >= 11 is 3.77. The van der Waals surface area contributed by atoms with E-state index in [4.69, 9.17) is 0 Å². The van der Waals surface area contributed by atoms with Crippen LogP contribution in [0.15, 0.2) is 127 Å². The van der Waals surface area contributed by atoms with Crippen molar-refractivity contribution < 1.29 is 0 Å². The van der Waals surface area contributed by atoms with Gasteiger partial charge in [0.1, 0.15) is 0 Å². The molecule has 0 radical (unpaired) electrons. The molecule has 0 atom stereocenters. The number of thiophene rings is 2. The Balaban J connectivity index is 1.33. The van der Waals surface area contributed by atoms with E-state index in [-0.39, 0.29) is 0 Å². The first-order valence-corrected chi connectivity index (χ1v) is 14.8. The molecule has 6 aromatic carbocycles. The van der Waals surface area contributed by atoms with E-state index in [0.717, 1.165) is 0 Å². The number of nitrogens with zero attached hydrogens (tertiary/aromatic N) is 1. The quantitative estimate of drug-likeness (QED) is 0.209. The summed E-state index contributed by atoms with van der Waals surface area (Å²) in [6, 6.07) is 46.9. The Morgan fingerprint density at radius 2 is 1.10 bits per heavy atom. The van der Waals surface area contributed by atoms with Crippen molar-refractivity contribution in [2.24, 2.45) is 0 Å². The van der Waals surface area contributed by atoms with Crippen LogP contribution in [0.1, 0.15) is 0 Å². The zero-order valence-electron chi connectivity index (χ0n) is 20.9. The number of rotatable bonds is 2. The summed E-state index contributed by atoms with van der Waals surface area (Å²) in [5, 5.41) is 7.96. The third kappa shape index (κ3) is 3.06. The Hall–Kier alpha value is -4.44. The summed E-state index contributed by atoms with van der Waals surface area (Å²) in [5.74, 6) is 0. The Bertz CT molecular complexity index is 2400. The first-order chi connectivity index (χ1) is 19.3. The molecule has 0 aliphatic rings. The lowest BCUT2D eigenvalue weighted by Crippen LogP contribution is -1.94. The van der Waals surface area contributed by atoms with Gasteiger partial charge in [-0.25, -0.2) is 0 Å². The van der Waals surface area contributed by atoms with E-state index >= 15 is 0 Å². The highest BCUT2D eigenvalue weighted by Gasteiger charge is 2.16. The molecule has 9 rings (SSSR count). The monoisotopic (exact) mass is 531 g/mol. The largest absolute Gasteiger partial charge is 0.309 e. The zero-order chi connectivity index (χ0) is 25.5. The van der Waals surface area contributed by atoms with E-state index in [9.17, 15) is 0 Å². The van der Waals surface area contributed by atoms with Crippen molar-refractivity contribution in [1.29, 1.82) is 0 Å². The van der Waals surface area contributed by atoms with Gasteiger partial charge in [0.2, 0.25) is 0 Å². The molecule has 182 valence electrons. The number of aromatic nitrogens is 1. The molecule has 0 N–H and O–H groups in total. The topological polar surface area (TPSA) is 4.93 Å². The molecule has 0 bridgehead atoms. The van der Waals surface area contributed by atoms with Crippen LogP contribution in [0, 0.1) is 0 Å². The molecule has 0 fully saturated rings. The highest BCUT2D eigenvalue weighted by atomic mass is 32.1. The van der Waals surface area contributed by atoms with E-state index < -0.39 is 0 Å². The maximum absolute atomic E-state index is 2.45. The van der Waals surface area contributed by atoms with E-state index in [1.165, 1.54) is 79.0 Å². The van der Waals surface area contributed by atoms with Crippen molar-refractivity contribution in [3.05, 3.63) is 127 Å². The van der Waals surface area contributed by atoms with Crippen LogP contribution in [-0.4, -0.2) is 4.57 Å². The van der Waals surface area contributed by atoms with Crippen LogP contribution in [-0.2, 0) is 0 Å². The Kier molecular flexibility index (Phi) is 4.43. The highest BCUT2D eigenvalue weighted by molar-refractivity contribution is 7.26. The normalized spacial score (nSPS) is 12.1. The molecule has 3 aromatic heterocycles. The molecule has 3 heteroatoms. The molecule has 0 saturated carbocycles. The predicted molar refractivity (Wildman–Crippen MR) is 172 cm³/mol. The maximum Gasteiger partial charge on any atom is 0.0555 e. The van der Waals surface area contributed by atoms with E-state index in [1.54, 1.807) is 0 Å². The molecule has 0 unspecified atom stereocenters. The highest BCUT2D eigenvalue weighted by Crippen LogP contribution is 2.42. The van der Waals surface area contributed by atoms with Crippen LogP contribution < -0.4 is 0 Å². The standard InChI is InChI=1S/C36H21NS2/c1-4-16-31-25(11-1)29-20-30-27-13-3-5-17-33(27)38-35(30)21-32(29)37(31)23-10-7-9-22(19-23)24-14-8-15-28-26-12-2-6-18-34(26)39-36(24)28/h1-21H. The minimum atomic E-state index is 1.19. The summed E-state index contributed by atoms with van der Waals surface area (Å²) in [6.45, 7) is 0. The third-order valence-electron chi connectivity index (χ3n) is 7.99. The SMILES string of the molecule is c1cc(-c2cccc3c2sc2ccccc23)cc(-n2c3ccccc3c3cc4c(cc32)sc2ccccc24)c1. The molecule has 9 aromatic rings. The number of hydrogen-bond donors (Lipinski definition) is 0. The number of benzene rings is 6. The Morgan fingerprint density at radius 1 is 0.410 bits per heavy atom. The van der Waals surface area contributed by atoms with Gasteiger partial charge in [-0.2, -0.15) is 0 Å². The molecular weight excluding hydrogens is 511 g/mol. The van der Waals surface area contributed by atoms with Crippen molar-refractivity contribution in [1.82, 2.24) is 4.57 Å². The molecular formula is C36H21NS2.